The molecule has 0 unspecified atom stereocenters. The smallest absolute Gasteiger partial charge is 0.445 e. The molecule has 1 rings (SSSR count). The molecule has 1 aromatic rings. The summed E-state index contributed by atoms with van der Waals surface area (Å²) in [5.41, 5.74) is 0. The van der Waals surface area contributed by atoms with E-state index in [1.165, 1.54) is 4.90 Å². The Morgan fingerprint density at radius 3 is 2.50 bits per heavy atom. The first kappa shape index (κ1) is 14.7. The Morgan fingerprint density at radius 1 is 1.39 bits per heavy atom. The van der Waals surface area contributed by atoms with Gasteiger partial charge in [0.05, 0.1) is 6.61 Å². The van der Waals surface area contributed by atoms with Gasteiger partial charge in [0.15, 0.2) is 0 Å². The fourth-order valence-corrected chi connectivity index (χ4v) is 1.91. The highest BCUT2D eigenvalue weighted by atomic mass is 32.1. The number of anilines is 1. The second-order valence-corrected chi connectivity index (χ2v) is 4.16. The van der Waals surface area contributed by atoms with E-state index in [4.69, 9.17) is 4.74 Å². The highest BCUT2D eigenvalue weighted by Gasteiger charge is 2.36. The lowest BCUT2D eigenvalue weighted by atomic mass is 10.5. The van der Waals surface area contributed by atoms with Crippen molar-refractivity contribution < 1.29 is 22.7 Å². The highest BCUT2D eigenvalue weighted by molar-refractivity contribution is 7.15. The SMILES string of the molecule is CCOC(=O)CN(CC)c1nnc(C(F)(F)F)s1. The van der Waals surface area contributed by atoms with Gasteiger partial charge >= 0.3 is 12.1 Å². The maximum absolute atomic E-state index is 12.3. The number of carbonyl (C=O) groups is 1. The largest absolute Gasteiger partial charge is 0.465 e. The van der Waals surface area contributed by atoms with Gasteiger partial charge < -0.3 is 9.64 Å². The van der Waals surface area contributed by atoms with Crippen LogP contribution in [-0.4, -0.2) is 35.9 Å². The van der Waals surface area contributed by atoms with Crippen LogP contribution in [0.25, 0.3) is 0 Å². The van der Waals surface area contributed by atoms with Crippen molar-refractivity contribution in [2.45, 2.75) is 20.0 Å². The molecule has 1 heterocycles. The highest BCUT2D eigenvalue weighted by Crippen LogP contribution is 2.34. The van der Waals surface area contributed by atoms with Crippen LogP contribution in [-0.2, 0) is 15.7 Å². The number of likely N-dealkylation sites (N-methyl/N-ethyl adjacent to an activating group) is 1. The van der Waals surface area contributed by atoms with Crippen LogP contribution in [0.5, 0.6) is 0 Å². The van der Waals surface area contributed by atoms with E-state index >= 15 is 0 Å². The molecule has 0 amide bonds. The molecule has 0 radical (unpaired) electrons. The zero-order valence-corrected chi connectivity index (χ0v) is 10.6. The van der Waals surface area contributed by atoms with Crippen molar-refractivity contribution in [3.63, 3.8) is 0 Å². The van der Waals surface area contributed by atoms with Crippen molar-refractivity contribution in [1.82, 2.24) is 10.2 Å². The Labute approximate surface area is 106 Å². The standard InChI is InChI=1S/C9H12F3N3O2S/c1-3-15(5-6(16)17-4-2)8-14-13-7(18-8)9(10,11)12/h3-5H2,1-2H3. The molecule has 5 nitrogen and oxygen atoms in total. The van der Waals surface area contributed by atoms with Crippen molar-refractivity contribution >= 4 is 22.4 Å². The van der Waals surface area contributed by atoms with Crippen LogP contribution < -0.4 is 4.90 Å². The van der Waals surface area contributed by atoms with Gasteiger partial charge in [-0.05, 0) is 13.8 Å². The lowest BCUT2D eigenvalue weighted by molar-refractivity contribution is -0.141. The van der Waals surface area contributed by atoms with Crippen molar-refractivity contribution in [3.05, 3.63) is 5.01 Å². The Bertz CT molecular complexity index is 408. The maximum atomic E-state index is 12.3. The topological polar surface area (TPSA) is 55.3 Å². The van der Waals surface area contributed by atoms with Crippen molar-refractivity contribution in [1.29, 1.82) is 0 Å². The zero-order chi connectivity index (χ0) is 13.8. The van der Waals surface area contributed by atoms with E-state index in [0.29, 0.717) is 17.9 Å². The fraction of sp³-hybridized carbons (Fsp3) is 0.667. The van der Waals surface area contributed by atoms with Gasteiger partial charge in [0, 0.05) is 6.54 Å². The quantitative estimate of drug-likeness (QED) is 0.773. The van der Waals surface area contributed by atoms with Gasteiger partial charge in [0.2, 0.25) is 10.1 Å². The van der Waals surface area contributed by atoms with E-state index in [9.17, 15) is 18.0 Å². The number of ether oxygens (including phenoxy) is 1. The summed E-state index contributed by atoms with van der Waals surface area (Å²) in [7, 11) is 0. The Balaban J connectivity index is 2.77. The first-order chi connectivity index (χ1) is 8.38. The second-order valence-electron chi connectivity index (χ2n) is 3.21. The summed E-state index contributed by atoms with van der Waals surface area (Å²) < 4.78 is 41.8. The van der Waals surface area contributed by atoms with Gasteiger partial charge in [-0.25, -0.2) is 0 Å². The summed E-state index contributed by atoms with van der Waals surface area (Å²) in [5.74, 6) is -0.511. The number of esters is 1. The number of halogens is 3. The van der Waals surface area contributed by atoms with Crippen molar-refractivity contribution in [3.8, 4) is 0 Å². The fourth-order valence-electron chi connectivity index (χ4n) is 1.13. The third kappa shape index (κ3) is 3.83. The number of alkyl halides is 3. The molecule has 18 heavy (non-hydrogen) atoms. The Morgan fingerprint density at radius 2 is 2.06 bits per heavy atom. The number of rotatable bonds is 5. The van der Waals surface area contributed by atoms with Gasteiger partial charge in [-0.1, -0.05) is 11.3 Å². The molecular weight excluding hydrogens is 271 g/mol. The number of carbonyl (C=O) groups excluding carboxylic acids is 1. The van der Waals surface area contributed by atoms with Crippen LogP contribution >= 0.6 is 11.3 Å². The van der Waals surface area contributed by atoms with Gasteiger partial charge in [0.1, 0.15) is 6.54 Å². The third-order valence-electron chi connectivity index (χ3n) is 1.93. The predicted octanol–water partition coefficient (Wildman–Crippen LogP) is 1.95. The minimum Gasteiger partial charge on any atom is -0.465 e. The van der Waals surface area contributed by atoms with Crippen LogP contribution in [0, 0.1) is 0 Å². The molecule has 0 atom stereocenters. The van der Waals surface area contributed by atoms with E-state index in [1.807, 2.05) is 0 Å². The average Bonchev–Trinajstić information content (AvgIpc) is 2.75. The Hall–Kier alpha value is -1.38. The lowest BCUT2D eigenvalue weighted by Gasteiger charge is -2.17. The first-order valence-corrected chi connectivity index (χ1v) is 6.01. The molecule has 0 saturated heterocycles. The van der Waals surface area contributed by atoms with Crippen molar-refractivity contribution in [2.75, 3.05) is 24.6 Å². The molecule has 0 bridgehead atoms. The molecule has 102 valence electrons. The molecular formula is C9H12F3N3O2S. The van der Waals surface area contributed by atoms with E-state index in [1.54, 1.807) is 13.8 Å². The van der Waals surface area contributed by atoms with Gasteiger partial charge in [-0.2, -0.15) is 13.2 Å². The average molecular weight is 283 g/mol. The first-order valence-electron chi connectivity index (χ1n) is 5.19. The molecule has 0 aliphatic heterocycles. The number of hydrogen-bond acceptors (Lipinski definition) is 6. The third-order valence-corrected chi connectivity index (χ3v) is 2.96. The van der Waals surface area contributed by atoms with Gasteiger partial charge in [-0.3, -0.25) is 4.79 Å². The summed E-state index contributed by atoms with van der Waals surface area (Å²) >= 11 is 0.404. The van der Waals surface area contributed by atoms with E-state index in [0.717, 1.165) is 0 Å². The molecule has 9 heteroatoms. The van der Waals surface area contributed by atoms with Crippen LogP contribution in [0.15, 0.2) is 0 Å². The van der Waals surface area contributed by atoms with E-state index in [-0.39, 0.29) is 18.3 Å². The lowest BCUT2D eigenvalue weighted by Crippen LogP contribution is -2.30. The molecule has 0 N–H and O–H groups in total. The predicted molar refractivity (Wildman–Crippen MR) is 59.4 cm³/mol. The molecule has 0 aliphatic rings. The summed E-state index contributed by atoms with van der Waals surface area (Å²) in [5, 5.41) is 5.52. The summed E-state index contributed by atoms with van der Waals surface area (Å²) in [6, 6.07) is 0. The summed E-state index contributed by atoms with van der Waals surface area (Å²) in [6.07, 6.45) is -4.51. The minimum absolute atomic E-state index is 0.0536. The Kier molecular flexibility index (Phi) is 4.88. The van der Waals surface area contributed by atoms with Crippen LogP contribution in [0.2, 0.25) is 0 Å². The number of hydrogen-bond donors (Lipinski definition) is 0. The molecule has 1 aromatic heterocycles. The normalized spacial score (nSPS) is 11.4. The van der Waals surface area contributed by atoms with E-state index < -0.39 is 17.2 Å². The monoisotopic (exact) mass is 283 g/mol. The zero-order valence-electron chi connectivity index (χ0n) is 9.82. The maximum Gasteiger partial charge on any atom is 0.445 e. The molecule has 0 saturated carbocycles. The van der Waals surface area contributed by atoms with Crippen molar-refractivity contribution in [2.24, 2.45) is 0 Å². The summed E-state index contributed by atoms with van der Waals surface area (Å²) in [6.45, 7) is 3.78. The summed E-state index contributed by atoms with van der Waals surface area (Å²) in [4.78, 5) is 12.6. The molecule has 0 spiro atoms. The van der Waals surface area contributed by atoms with Gasteiger partial charge in [0.25, 0.3) is 0 Å². The van der Waals surface area contributed by atoms with Crippen LogP contribution in [0.1, 0.15) is 18.9 Å². The van der Waals surface area contributed by atoms with Crippen LogP contribution in [0.4, 0.5) is 18.3 Å². The minimum atomic E-state index is -4.51. The van der Waals surface area contributed by atoms with Gasteiger partial charge in [-0.15, -0.1) is 10.2 Å². The number of nitrogens with zero attached hydrogens (tertiary/aromatic N) is 3. The second kappa shape index (κ2) is 5.98. The van der Waals surface area contributed by atoms with E-state index in [2.05, 4.69) is 10.2 Å². The molecule has 0 aromatic carbocycles. The molecule has 0 fully saturated rings. The number of aromatic nitrogens is 2. The molecule has 0 aliphatic carbocycles. The van der Waals surface area contributed by atoms with Crippen LogP contribution in [0.3, 0.4) is 0 Å².